The number of carbonyl (C=O) groups excluding carboxylic acids is 1. The molecule has 19 heavy (non-hydrogen) atoms. The maximum atomic E-state index is 13.3. The van der Waals surface area contributed by atoms with Crippen LogP contribution < -0.4 is 5.43 Å². The Morgan fingerprint density at radius 3 is 2.74 bits per heavy atom. The summed E-state index contributed by atoms with van der Waals surface area (Å²) in [7, 11) is 0. The van der Waals surface area contributed by atoms with E-state index in [-0.39, 0.29) is 5.56 Å². The number of hydrogen-bond donors (Lipinski definition) is 2. The third-order valence-corrected chi connectivity index (χ3v) is 2.68. The van der Waals surface area contributed by atoms with Crippen LogP contribution in [0.5, 0.6) is 0 Å². The minimum atomic E-state index is -0.570. The molecular formula is C14H14FN3O. The number of benzene rings is 1. The highest BCUT2D eigenvalue weighted by atomic mass is 19.1. The summed E-state index contributed by atoms with van der Waals surface area (Å²) in [6.45, 7) is 3.84. The third-order valence-electron chi connectivity index (χ3n) is 2.68. The molecule has 1 heterocycles. The first-order valence-corrected chi connectivity index (χ1v) is 5.82. The van der Waals surface area contributed by atoms with Gasteiger partial charge >= 0.3 is 0 Å². The number of aromatic amines is 1. The minimum absolute atomic E-state index is 0.0263. The lowest BCUT2D eigenvalue weighted by Crippen LogP contribution is -2.18. The molecule has 0 unspecified atom stereocenters. The quantitative estimate of drug-likeness (QED) is 0.646. The van der Waals surface area contributed by atoms with E-state index < -0.39 is 11.7 Å². The Balaban J connectivity index is 2.05. The van der Waals surface area contributed by atoms with E-state index in [0.29, 0.717) is 0 Å². The van der Waals surface area contributed by atoms with Crippen LogP contribution >= 0.6 is 0 Å². The lowest BCUT2D eigenvalue weighted by Gasteiger charge is -2.00. The Bertz CT molecular complexity index is 631. The maximum Gasteiger partial charge on any atom is 0.274 e. The van der Waals surface area contributed by atoms with E-state index in [4.69, 9.17) is 0 Å². The van der Waals surface area contributed by atoms with Gasteiger partial charge in [0.15, 0.2) is 0 Å². The van der Waals surface area contributed by atoms with Crippen LogP contribution in [0.2, 0.25) is 0 Å². The highest BCUT2D eigenvalue weighted by Crippen LogP contribution is 2.07. The second kappa shape index (κ2) is 5.48. The van der Waals surface area contributed by atoms with Crippen LogP contribution in [-0.2, 0) is 0 Å². The highest BCUT2D eigenvalue weighted by Gasteiger charge is 2.09. The predicted octanol–water partition coefficient (Wildman–Crippen LogP) is 2.53. The zero-order chi connectivity index (χ0) is 13.8. The Kier molecular flexibility index (Phi) is 3.75. The number of halogens is 1. The first kappa shape index (κ1) is 13.0. The van der Waals surface area contributed by atoms with E-state index in [1.54, 1.807) is 6.07 Å². The highest BCUT2D eigenvalue weighted by molar-refractivity contribution is 5.95. The van der Waals surface area contributed by atoms with E-state index in [1.165, 1.54) is 24.4 Å². The van der Waals surface area contributed by atoms with Gasteiger partial charge in [-0.15, -0.1) is 0 Å². The van der Waals surface area contributed by atoms with E-state index in [0.717, 1.165) is 17.0 Å². The van der Waals surface area contributed by atoms with Crippen molar-refractivity contribution in [2.24, 2.45) is 5.10 Å². The molecule has 2 aromatic rings. The summed E-state index contributed by atoms with van der Waals surface area (Å²) in [6, 6.07) is 7.68. The number of aryl methyl sites for hydroxylation is 2. The smallest absolute Gasteiger partial charge is 0.274 e. The summed E-state index contributed by atoms with van der Waals surface area (Å²) >= 11 is 0. The van der Waals surface area contributed by atoms with Crippen molar-refractivity contribution in [3.63, 3.8) is 0 Å². The zero-order valence-corrected chi connectivity index (χ0v) is 10.7. The molecule has 2 N–H and O–H groups in total. The van der Waals surface area contributed by atoms with Gasteiger partial charge in [-0.1, -0.05) is 12.1 Å². The Labute approximate surface area is 110 Å². The Morgan fingerprint density at radius 1 is 1.37 bits per heavy atom. The summed E-state index contributed by atoms with van der Waals surface area (Å²) in [5, 5.41) is 3.82. The van der Waals surface area contributed by atoms with E-state index in [9.17, 15) is 9.18 Å². The molecule has 0 saturated carbocycles. The van der Waals surface area contributed by atoms with Crippen LogP contribution in [0.4, 0.5) is 4.39 Å². The molecule has 0 aliphatic carbocycles. The number of carbonyl (C=O) groups is 1. The molecule has 0 fully saturated rings. The molecule has 0 aliphatic rings. The Hall–Kier alpha value is -2.43. The fraction of sp³-hybridized carbons (Fsp3) is 0.143. The number of aromatic nitrogens is 1. The van der Waals surface area contributed by atoms with Gasteiger partial charge in [-0.25, -0.2) is 9.82 Å². The van der Waals surface area contributed by atoms with Crippen molar-refractivity contribution in [2.75, 3.05) is 0 Å². The van der Waals surface area contributed by atoms with Gasteiger partial charge < -0.3 is 4.98 Å². The van der Waals surface area contributed by atoms with Crippen molar-refractivity contribution in [1.82, 2.24) is 10.4 Å². The van der Waals surface area contributed by atoms with Crippen molar-refractivity contribution in [1.29, 1.82) is 0 Å². The van der Waals surface area contributed by atoms with Gasteiger partial charge in [-0.2, -0.15) is 5.10 Å². The number of H-pyrrole nitrogens is 1. The molecule has 1 amide bonds. The predicted molar refractivity (Wildman–Crippen MR) is 71.7 cm³/mol. The first-order valence-electron chi connectivity index (χ1n) is 5.82. The normalized spacial score (nSPS) is 10.9. The summed E-state index contributed by atoms with van der Waals surface area (Å²) < 4.78 is 13.3. The average molecular weight is 259 g/mol. The number of hydrogen-bond acceptors (Lipinski definition) is 2. The third kappa shape index (κ3) is 3.07. The number of nitrogens with zero attached hydrogens (tertiary/aromatic N) is 1. The van der Waals surface area contributed by atoms with Crippen LogP contribution in [-0.4, -0.2) is 17.1 Å². The summed E-state index contributed by atoms with van der Waals surface area (Å²) in [5.74, 6) is -1.14. The lowest BCUT2D eigenvalue weighted by molar-refractivity contribution is 0.0951. The van der Waals surface area contributed by atoms with Crippen LogP contribution in [0.15, 0.2) is 35.4 Å². The number of hydrazone groups is 1. The van der Waals surface area contributed by atoms with Crippen molar-refractivity contribution in [3.05, 3.63) is 58.7 Å². The Morgan fingerprint density at radius 2 is 2.11 bits per heavy atom. The molecule has 98 valence electrons. The van der Waals surface area contributed by atoms with E-state index in [1.807, 2.05) is 19.9 Å². The standard InChI is InChI=1S/C14H14FN3O/c1-9-7-11(10(2)17-9)8-16-18-14(19)12-5-3-4-6-13(12)15/h3-8,17H,1-2H3,(H,18,19)/b16-8+. The largest absolute Gasteiger partial charge is 0.362 e. The first-order chi connectivity index (χ1) is 9.08. The van der Waals surface area contributed by atoms with Gasteiger partial charge in [0.05, 0.1) is 11.8 Å². The van der Waals surface area contributed by atoms with Gasteiger partial charge in [-0.05, 0) is 32.0 Å². The van der Waals surface area contributed by atoms with Gasteiger partial charge in [0.2, 0.25) is 0 Å². The molecule has 5 heteroatoms. The second-order valence-electron chi connectivity index (χ2n) is 4.21. The van der Waals surface area contributed by atoms with Crippen molar-refractivity contribution in [3.8, 4) is 0 Å². The maximum absolute atomic E-state index is 13.3. The van der Waals surface area contributed by atoms with E-state index in [2.05, 4.69) is 15.5 Å². The summed E-state index contributed by atoms with van der Waals surface area (Å²) in [5.41, 5.74) is 5.13. The molecule has 0 atom stereocenters. The number of rotatable bonds is 3. The van der Waals surface area contributed by atoms with Gasteiger partial charge in [0.1, 0.15) is 5.82 Å². The molecule has 0 saturated heterocycles. The zero-order valence-electron chi connectivity index (χ0n) is 10.7. The van der Waals surface area contributed by atoms with Gasteiger partial charge in [-0.3, -0.25) is 4.79 Å². The monoisotopic (exact) mass is 259 g/mol. The summed E-state index contributed by atoms with van der Waals surface area (Å²) in [4.78, 5) is 14.8. The molecule has 1 aromatic heterocycles. The van der Waals surface area contributed by atoms with Crippen LogP contribution in [0.25, 0.3) is 0 Å². The van der Waals surface area contributed by atoms with E-state index >= 15 is 0 Å². The van der Waals surface area contributed by atoms with Crippen LogP contribution in [0.3, 0.4) is 0 Å². The molecule has 0 bridgehead atoms. The molecule has 0 radical (unpaired) electrons. The molecule has 2 rings (SSSR count). The fourth-order valence-corrected chi connectivity index (χ4v) is 1.75. The molecule has 4 nitrogen and oxygen atoms in total. The topological polar surface area (TPSA) is 57.2 Å². The SMILES string of the molecule is Cc1cc(/C=N/NC(=O)c2ccccc2F)c(C)[nH]1. The number of nitrogens with one attached hydrogen (secondary N) is 2. The van der Waals surface area contributed by atoms with Gasteiger partial charge in [0.25, 0.3) is 5.91 Å². The van der Waals surface area contributed by atoms with Crippen LogP contribution in [0.1, 0.15) is 27.3 Å². The molecular weight excluding hydrogens is 245 g/mol. The van der Waals surface area contributed by atoms with Crippen molar-refractivity contribution < 1.29 is 9.18 Å². The molecule has 1 aromatic carbocycles. The molecule has 0 aliphatic heterocycles. The minimum Gasteiger partial charge on any atom is -0.362 e. The number of amides is 1. The fourth-order valence-electron chi connectivity index (χ4n) is 1.75. The summed E-state index contributed by atoms with van der Waals surface area (Å²) in [6.07, 6.45) is 1.53. The molecule has 0 spiro atoms. The van der Waals surface area contributed by atoms with Crippen molar-refractivity contribution >= 4 is 12.1 Å². The van der Waals surface area contributed by atoms with Crippen LogP contribution in [0, 0.1) is 19.7 Å². The lowest BCUT2D eigenvalue weighted by atomic mass is 10.2. The second-order valence-corrected chi connectivity index (χ2v) is 4.21. The van der Waals surface area contributed by atoms with Gasteiger partial charge in [0, 0.05) is 17.0 Å². The average Bonchev–Trinajstić information content (AvgIpc) is 2.68. The van der Waals surface area contributed by atoms with Crippen molar-refractivity contribution in [2.45, 2.75) is 13.8 Å².